The van der Waals surface area contributed by atoms with E-state index in [0.717, 1.165) is 42.6 Å². The van der Waals surface area contributed by atoms with Crippen molar-refractivity contribution in [1.82, 2.24) is 10.3 Å². The zero-order chi connectivity index (χ0) is 10.4. The van der Waals surface area contributed by atoms with Gasteiger partial charge >= 0.3 is 0 Å². The normalized spacial score (nSPS) is 17.2. The lowest BCUT2D eigenvalue weighted by Gasteiger charge is -2.10. The Kier molecular flexibility index (Phi) is 3.13. The van der Waals surface area contributed by atoms with E-state index in [1.165, 1.54) is 5.56 Å². The number of halogens is 3. The maximum Gasteiger partial charge on any atom is 0.280 e. The standard InChI is InChI=1S/C11H12F2N2.ClH/c12-11(13)10-8-5-14-4-7(8)6-2-1-3-9(6)15-10;/h11,14H,1-5H2;1H. The van der Waals surface area contributed by atoms with Crippen LogP contribution in [0, 0.1) is 0 Å². The Labute approximate surface area is 98.9 Å². The molecule has 0 unspecified atom stereocenters. The van der Waals surface area contributed by atoms with Crippen molar-refractivity contribution in [3.63, 3.8) is 0 Å². The molecule has 5 heteroatoms. The van der Waals surface area contributed by atoms with E-state index in [1.54, 1.807) is 0 Å². The zero-order valence-electron chi connectivity index (χ0n) is 8.72. The van der Waals surface area contributed by atoms with Crippen LogP contribution in [0.3, 0.4) is 0 Å². The third-order valence-corrected chi connectivity index (χ3v) is 3.29. The molecule has 88 valence electrons. The van der Waals surface area contributed by atoms with Gasteiger partial charge in [-0.1, -0.05) is 0 Å². The van der Waals surface area contributed by atoms with Crippen LogP contribution in [-0.2, 0) is 25.9 Å². The van der Waals surface area contributed by atoms with Gasteiger partial charge in [0.05, 0.1) is 0 Å². The molecule has 0 radical (unpaired) electrons. The summed E-state index contributed by atoms with van der Waals surface area (Å²) in [6, 6.07) is 0. The molecule has 1 aromatic heterocycles. The third kappa shape index (κ3) is 1.60. The lowest BCUT2D eigenvalue weighted by molar-refractivity contribution is 0.144. The molecule has 0 aromatic carbocycles. The molecule has 1 N–H and O–H groups in total. The van der Waals surface area contributed by atoms with Crippen LogP contribution >= 0.6 is 12.4 Å². The van der Waals surface area contributed by atoms with Gasteiger partial charge in [0, 0.05) is 18.8 Å². The van der Waals surface area contributed by atoms with E-state index in [0.29, 0.717) is 6.54 Å². The number of hydrogen-bond donors (Lipinski definition) is 1. The maximum atomic E-state index is 12.8. The minimum atomic E-state index is -2.44. The number of nitrogens with one attached hydrogen (secondary N) is 1. The fourth-order valence-corrected chi connectivity index (χ4v) is 2.63. The van der Waals surface area contributed by atoms with Crippen LogP contribution < -0.4 is 5.32 Å². The summed E-state index contributed by atoms with van der Waals surface area (Å²) >= 11 is 0. The lowest BCUT2D eigenvalue weighted by atomic mass is 10.0. The SMILES string of the molecule is Cl.FC(F)c1nc2c(c3c1CNC3)CCC2. The molecule has 1 aliphatic carbocycles. The van der Waals surface area contributed by atoms with Crippen molar-refractivity contribution in [1.29, 1.82) is 0 Å². The highest BCUT2D eigenvalue weighted by atomic mass is 35.5. The van der Waals surface area contributed by atoms with Crippen molar-refractivity contribution < 1.29 is 8.78 Å². The fraction of sp³-hybridized carbons (Fsp3) is 0.545. The molecule has 2 nitrogen and oxygen atoms in total. The van der Waals surface area contributed by atoms with Crippen molar-refractivity contribution in [3.05, 3.63) is 28.1 Å². The van der Waals surface area contributed by atoms with Crippen molar-refractivity contribution >= 4 is 12.4 Å². The molecule has 0 saturated heterocycles. The minimum Gasteiger partial charge on any atom is -0.309 e. The minimum absolute atomic E-state index is 0. The smallest absolute Gasteiger partial charge is 0.280 e. The molecule has 0 bridgehead atoms. The molecule has 16 heavy (non-hydrogen) atoms. The molecule has 2 aliphatic rings. The molecular weight excluding hydrogens is 234 g/mol. The largest absolute Gasteiger partial charge is 0.309 e. The van der Waals surface area contributed by atoms with Gasteiger partial charge in [-0.15, -0.1) is 12.4 Å². The summed E-state index contributed by atoms with van der Waals surface area (Å²) < 4.78 is 25.6. The average Bonchev–Trinajstić information content (AvgIpc) is 2.83. The second kappa shape index (κ2) is 4.26. The molecule has 1 aromatic rings. The Morgan fingerprint density at radius 2 is 1.81 bits per heavy atom. The number of hydrogen-bond acceptors (Lipinski definition) is 2. The van der Waals surface area contributed by atoms with E-state index in [-0.39, 0.29) is 18.1 Å². The van der Waals surface area contributed by atoms with Gasteiger partial charge in [-0.3, -0.25) is 4.98 Å². The summed E-state index contributed by atoms with van der Waals surface area (Å²) in [5, 5.41) is 3.14. The number of nitrogens with zero attached hydrogens (tertiary/aromatic N) is 1. The lowest BCUT2D eigenvalue weighted by Crippen LogP contribution is -2.04. The van der Waals surface area contributed by atoms with Crippen molar-refractivity contribution in [3.8, 4) is 0 Å². The Balaban J connectivity index is 0.000000963. The first-order chi connectivity index (χ1) is 7.27. The summed E-state index contributed by atoms with van der Waals surface area (Å²) in [6.45, 7) is 1.29. The van der Waals surface area contributed by atoms with E-state index in [4.69, 9.17) is 0 Å². The van der Waals surface area contributed by atoms with Gasteiger partial charge in [-0.2, -0.15) is 0 Å². The van der Waals surface area contributed by atoms with Crippen molar-refractivity contribution in [2.45, 2.75) is 38.8 Å². The van der Waals surface area contributed by atoms with Gasteiger partial charge in [0.15, 0.2) is 0 Å². The number of pyridine rings is 1. The first-order valence-electron chi connectivity index (χ1n) is 5.29. The van der Waals surface area contributed by atoms with E-state index in [1.807, 2.05) is 0 Å². The average molecular weight is 247 g/mol. The van der Waals surface area contributed by atoms with E-state index >= 15 is 0 Å². The second-order valence-electron chi connectivity index (χ2n) is 4.14. The zero-order valence-corrected chi connectivity index (χ0v) is 9.54. The van der Waals surface area contributed by atoms with Crippen LogP contribution in [0.1, 0.15) is 40.9 Å². The highest BCUT2D eigenvalue weighted by Crippen LogP contribution is 2.34. The number of rotatable bonds is 1. The van der Waals surface area contributed by atoms with E-state index in [9.17, 15) is 8.78 Å². The predicted octanol–water partition coefficient (Wildman–Crippen LogP) is 2.53. The van der Waals surface area contributed by atoms with E-state index < -0.39 is 6.43 Å². The number of fused-ring (bicyclic) bond motifs is 3. The summed E-state index contributed by atoms with van der Waals surface area (Å²) in [6.07, 6.45) is 0.490. The van der Waals surface area contributed by atoms with Crippen molar-refractivity contribution in [2.24, 2.45) is 0 Å². The fourth-order valence-electron chi connectivity index (χ4n) is 2.63. The number of aryl methyl sites for hydroxylation is 1. The number of alkyl halides is 2. The van der Waals surface area contributed by atoms with Gasteiger partial charge in [0.1, 0.15) is 5.69 Å². The topological polar surface area (TPSA) is 24.9 Å². The maximum absolute atomic E-state index is 12.8. The van der Waals surface area contributed by atoms with Gasteiger partial charge in [0.2, 0.25) is 0 Å². The third-order valence-electron chi connectivity index (χ3n) is 3.29. The Hall–Kier alpha value is -0.740. The molecule has 0 spiro atoms. The molecule has 1 aliphatic heterocycles. The quantitative estimate of drug-likeness (QED) is 0.824. The summed E-state index contributed by atoms with van der Waals surface area (Å²) in [5.41, 5.74) is 4.02. The molecule has 0 atom stereocenters. The predicted molar refractivity (Wildman–Crippen MR) is 59.0 cm³/mol. The molecule has 0 fully saturated rings. The van der Waals surface area contributed by atoms with Gasteiger partial charge < -0.3 is 5.32 Å². The molecule has 3 rings (SSSR count). The van der Waals surface area contributed by atoms with Gasteiger partial charge in [-0.25, -0.2) is 8.78 Å². The van der Waals surface area contributed by atoms with Crippen LogP contribution in [0.5, 0.6) is 0 Å². The molecular formula is C11H13ClF2N2. The summed E-state index contributed by atoms with van der Waals surface area (Å²) in [4.78, 5) is 4.13. The summed E-state index contributed by atoms with van der Waals surface area (Å²) in [5.74, 6) is 0. The summed E-state index contributed by atoms with van der Waals surface area (Å²) in [7, 11) is 0. The first-order valence-corrected chi connectivity index (χ1v) is 5.29. The van der Waals surface area contributed by atoms with Crippen molar-refractivity contribution in [2.75, 3.05) is 0 Å². The Bertz CT molecular complexity index is 421. The van der Waals surface area contributed by atoms with E-state index in [2.05, 4.69) is 10.3 Å². The molecule has 0 amide bonds. The monoisotopic (exact) mass is 246 g/mol. The van der Waals surface area contributed by atoms with Crippen LogP contribution in [0.4, 0.5) is 8.78 Å². The van der Waals surface area contributed by atoms with Crippen LogP contribution in [0.2, 0.25) is 0 Å². The molecule has 2 heterocycles. The number of aromatic nitrogens is 1. The Morgan fingerprint density at radius 1 is 1.06 bits per heavy atom. The molecule has 0 saturated carbocycles. The highest BCUT2D eigenvalue weighted by Gasteiger charge is 2.28. The van der Waals surface area contributed by atoms with Crippen LogP contribution in [0.15, 0.2) is 0 Å². The van der Waals surface area contributed by atoms with Crippen LogP contribution in [-0.4, -0.2) is 4.98 Å². The highest BCUT2D eigenvalue weighted by molar-refractivity contribution is 5.85. The van der Waals surface area contributed by atoms with Gasteiger partial charge in [0.25, 0.3) is 6.43 Å². The first kappa shape index (κ1) is 11.7. The second-order valence-corrected chi connectivity index (χ2v) is 4.14. The van der Waals surface area contributed by atoms with Gasteiger partial charge in [-0.05, 0) is 36.0 Å². The van der Waals surface area contributed by atoms with Crippen LogP contribution in [0.25, 0.3) is 0 Å². The Morgan fingerprint density at radius 3 is 2.56 bits per heavy atom.